The van der Waals surface area contributed by atoms with Gasteiger partial charge in [-0.3, -0.25) is 4.79 Å². The van der Waals surface area contributed by atoms with Crippen LogP contribution in [-0.2, 0) is 4.74 Å². The second kappa shape index (κ2) is 8.45. The molecular formula is C19H23BrN2O3. The standard InChI is InChI=1S/C19H23BrN2O3/c1-13-11-15(20)6-7-16(13)22-18(23)14-5-8-17(21-12-14)24-9-10-25-19(2,3)4/h5-8,11-12H,9-10H2,1-4H3,(H,22,23). The van der Waals surface area contributed by atoms with Gasteiger partial charge in [0, 0.05) is 22.4 Å². The summed E-state index contributed by atoms with van der Waals surface area (Å²) in [6.07, 6.45) is 1.50. The molecule has 1 heterocycles. The van der Waals surface area contributed by atoms with E-state index < -0.39 is 0 Å². The molecule has 0 atom stereocenters. The number of halogens is 1. The molecule has 2 rings (SSSR count). The summed E-state index contributed by atoms with van der Waals surface area (Å²) in [5.41, 5.74) is 2.03. The number of carbonyl (C=O) groups excluding carboxylic acids is 1. The van der Waals surface area contributed by atoms with Crippen LogP contribution in [0.5, 0.6) is 5.88 Å². The Labute approximate surface area is 156 Å². The van der Waals surface area contributed by atoms with Gasteiger partial charge < -0.3 is 14.8 Å². The van der Waals surface area contributed by atoms with Crippen molar-refractivity contribution in [3.63, 3.8) is 0 Å². The Morgan fingerprint density at radius 1 is 1.20 bits per heavy atom. The molecule has 25 heavy (non-hydrogen) atoms. The van der Waals surface area contributed by atoms with Crippen LogP contribution in [0.25, 0.3) is 0 Å². The quantitative estimate of drug-likeness (QED) is 0.712. The Balaban J connectivity index is 1.89. The van der Waals surface area contributed by atoms with Gasteiger partial charge in [0.05, 0.1) is 17.8 Å². The van der Waals surface area contributed by atoms with E-state index in [1.807, 2.05) is 45.9 Å². The first-order chi connectivity index (χ1) is 11.7. The third-order valence-electron chi connectivity index (χ3n) is 3.30. The molecule has 0 unspecified atom stereocenters. The highest BCUT2D eigenvalue weighted by atomic mass is 79.9. The lowest BCUT2D eigenvalue weighted by Gasteiger charge is -2.19. The number of anilines is 1. The molecule has 5 nitrogen and oxygen atoms in total. The van der Waals surface area contributed by atoms with Gasteiger partial charge in [-0.25, -0.2) is 4.98 Å². The van der Waals surface area contributed by atoms with Gasteiger partial charge in [-0.2, -0.15) is 0 Å². The number of carbonyl (C=O) groups is 1. The third-order valence-corrected chi connectivity index (χ3v) is 3.80. The van der Waals surface area contributed by atoms with Gasteiger partial charge >= 0.3 is 0 Å². The van der Waals surface area contributed by atoms with Crippen LogP contribution >= 0.6 is 15.9 Å². The van der Waals surface area contributed by atoms with Crippen LogP contribution in [0.15, 0.2) is 41.0 Å². The molecule has 0 bridgehead atoms. The van der Waals surface area contributed by atoms with Crippen molar-refractivity contribution in [1.29, 1.82) is 0 Å². The van der Waals surface area contributed by atoms with Gasteiger partial charge in [0.15, 0.2) is 0 Å². The first-order valence-electron chi connectivity index (χ1n) is 8.05. The van der Waals surface area contributed by atoms with Gasteiger partial charge in [-0.1, -0.05) is 15.9 Å². The highest BCUT2D eigenvalue weighted by molar-refractivity contribution is 9.10. The summed E-state index contributed by atoms with van der Waals surface area (Å²) in [6, 6.07) is 9.07. The smallest absolute Gasteiger partial charge is 0.257 e. The fraction of sp³-hybridized carbons (Fsp3) is 0.368. The molecule has 1 N–H and O–H groups in total. The lowest BCUT2D eigenvalue weighted by Crippen LogP contribution is -2.22. The van der Waals surface area contributed by atoms with Crippen LogP contribution in [-0.4, -0.2) is 29.7 Å². The Hall–Kier alpha value is -1.92. The molecule has 0 spiro atoms. The van der Waals surface area contributed by atoms with Crippen molar-refractivity contribution >= 4 is 27.5 Å². The second-order valence-corrected chi connectivity index (χ2v) is 7.52. The molecule has 0 fully saturated rings. The summed E-state index contributed by atoms with van der Waals surface area (Å²) in [5, 5.41) is 2.88. The Kier molecular flexibility index (Phi) is 6.56. The maximum Gasteiger partial charge on any atom is 0.257 e. The summed E-state index contributed by atoms with van der Waals surface area (Å²) in [5.74, 6) is 0.259. The molecule has 0 saturated heterocycles. The molecule has 1 amide bonds. The van der Waals surface area contributed by atoms with Crippen molar-refractivity contribution in [2.24, 2.45) is 0 Å². The fourth-order valence-corrected chi connectivity index (χ4v) is 2.53. The van der Waals surface area contributed by atoms with E-state index in [9.17, 15) is 4.79 Å². The number of benzene rings is 1. The van der Waals surface area contributed by atoms with E-state index in [1.54, 1.807) is 12.1 Å². The minimum Gasteiger partial charge on any atom is -0.475 e. The lowest BCUT2D eigenvalue weighted by atomic mass is 10.2. The molecule has 6 heteroatoms. The maximum absolute atomic E-state index is 12.3. The van der Waals surface area contributed by atoms with Gasteiger partial charge in [-0.15, -0.1) is 0 Å². The van der Waals surface area contributed by atoms with E-state index in [0.717, 1.165) is 15.7 Å². The Bertz CT molecular complexity index is 724. The van der Waals surface area contributed by atoms with E-state index in [-0.39, 0.29) is 11.5 Å². The number of hydrogen-bond acceptors (Lipinski definition) is 4. The second-order valence-electron chi connectivity index (χ2n) is 6.61. The van der Waals surface area contributed by atoms with Crippen molar-refractivity contribution < 1.29 is 14.3 Å². The minimum absolute atomic E-state index is 0.191. The molecule has 1 aromatic heterocycles. The SMILES string of the molecule is Cc1cc(Br)ccc1NC(=O)c1ccc(OCCOC(C)(C)C)nc1. The molecule has 1 aromatic carbocycles. The molecular weight excluding hydrogens is 384 g/mol. The van der Waals surface area contributed by atoms with Gasteiger partial charge in [0.25, 0.3) is 5.91 Å². The van der Waals surface area contributed by atoms with E-state index in [0.29, 0.717) is 24.7 Å². The zero-order valence-corrected chi connectivity index (χ0v) is 16.5. The molecule has 0 aliphatic rings. The van der Waals surface area contributed by atoms with E-state index in [1.165, 1.54) is 6.20 Å². The minimum atomic E-state index is -0.208. The predicted molar refractivity (Wildman–Crippen MR) is 102 cm³/mol. The predicted octanol–water partition coefficient (Wildman–Crippen LogP) is 4.60. The van der Waals surface area contributed by atoms with Gasteiger partial charge in [0.1, 0.15) is 6.61 Å². The summed E-state index contributed by atoms with van der Waals surface area (Å²) in [6.45, 7) is 8.81. The van der Waals surface area contributed by atoms with Crippen molar-refractivity contribution in [3.8, 4) is 5.88 Å². The summed E-state index contributed by atoms with van der Waals surface area (Å²) in [7, 11) is 0. The van der Waals surface area contributed by atoms with Gasteiger partial charge in [-0.05, 0) is 57.5 Å². The number of nitrogens with one attached hydrogen (secondary N) is 1. The monoisotopic (exact) mass is 406 g/mol. The molecule has 0 aliphatic heterocycles. The first kappa shape index (κ1) is 19.4. The third kappa shape index (κ3) is 6.48. The van der Waals surface area contributed by atoms with Crippen LogP contribution in [0.1, 0.15) is 36.7 Å². The number of aromatic nitrogens is 1. The molecule has 2 aromatic rings. The number of amides is 1. The number of ether oxygens (including phenoxy) is 2. The Morgan fingerprint density at radius 3 is 2.56 bits per heavy atom. The number of rotatable bonds is 6. The largest absolute Gasteiger partial charge is 0.475 e. The summed E-state index contributed by atoms with van der Waals surface area (Å²) >= 11 is 3.41. The number of pyridine rings is 1. The number of aryl methyl sites for hydroxylation is 1. The van der Waals surface area contributed by atoms with Crippen LogP contribution < -0.4 is 10.1 Å². The highest BCUT2D eigenvalue weighted by Gasteiger charge is 2.11. The average Bonchev–Trinajstić information content (AvgIpc) is 2.54. The van der Waals surface area contributed by atoms with Crippen LogP contribution in [0.3, 0.4) is 0 Å². The number of hydrogen-bond donors (Lipinski definition) is 1. The normalized spacial score (nSPS) is 11.2. The highest BCUT2D eigenvalue weighted by Crippen LogP contribution is 2.21. The van der Waals surface area contributed by atoms with Gasteiger partial charge in [0.2, 0.25) is 5.88 Å². The van der Waals surface area contributed by atoms with Crippen LogP contribution in [0, 0.1) is 6.92 Å². The zero-order chi connectivity index (χ0) is 18.4. The number of nitrogens with zero attached hydrogens (tertiary/aromatic N) is 1. The van der Waals surface area contributed by atoms with Crippen LogP contribution in [0.2, 0.25) is 0 Å². The molecule has 134 valence electrons. The first-order valence-corrected chi connectivity index (χ1v) is 8.84. The average molecular weight is 407 g/mol. The van der Waals surface area contributed by atoms with E-state index in [4.69, 9.17) is 9.47 Å². The topological polar surface area (TPSA) is 60.5 Å². The lowest BCUT2D eigenvalue weighted by molar-refractivity contribution is -0.0168. The Morgan fingerprint density at radius 2 is 1.96 bits per heavy atom. The van der Waals surface area contributed by atoms with Crippen molar-refractivity contribution in [2.75, 3.05) is 18.5 Å². The molecule has 0 saturated carbocycles. The summed E-state index contributed by atoms with van der Waals surface area (Å²) in [4.78, 5) is 16.5. The van der Waals surface area contributed by atoms with Crippen molar-refractivity contribution in [3.05, 3.63) is 52.1 Å². The fourth-order valence-electron chi connectivity index (χ4n) is 2.06. The molecule has 0 aliphatic carbocycles. The zero-order valence-electron chi connectivity index (χ0n) is 14.9. The van der Waals surface area contributed by atoms with E-state index >= 15 is 0 Å². The van der Waals surface area contributed by atoms with Crippen molar-refractivity contribution in [2.45, 2.75) is 33.3 Å². The molecule has 0 radical (unpaired) electrons. The van der Waals surface area contributed by atoms with Crippen molar-refractivity contribution in [1.82, 2.24) is 4.98 Å². The van der Waals surface area contributed by atoms with E-state index in [2.05, 4.69) is 26.2 Å². The summed E-state index contributed by atoms with van der Waals surface area (Å²) < 4.78 is 12.1. The van der Waals surface area contributed by atoms with Crippen LogP contribution in [0.4, 0.5) is 5.69 Å². The maximum atomic E-state index is 12.3.